The van der Waals surface area contributed by atoms with E-state index in [1.165, 1.54) is 0 Å². The van der Waals surface area contributed by atoms with Gasteiger partial charge in [-0.2, -0.15) is 11.8 Å². The minimum atomic E-state index is -0.422. The number of carbonyl (C=O) groups excluding carboxylic acids is 2. The predicted octanol–water partition coefficient (Wildman–Crippen LogP) is 2.28. The van der Waals surface area contributed by atoms with Crippen molar-refractivity contribution in [3.8, 4) is 0 Å². The second-order valence-electron chi connectivity index (χ2n) is 6.61. The number of nitrogens with zero attached hydrogens (tertiary/aromatic N) is 1. The highest BCUT2D eigenvalue weighted by Crippen LogP contribution is 2.28. The van der Waals surface area contributed by atoms with E-state index in [0.717, 1.165) is 12.2 Å². The van der Waals surface area contributed by atoms with Crippen LogP contribution in [0.3, 0.4) is 0 Å². The zero-order chi connectivity index (χ0) is 15.5. The summed E-state index contributed by atoms with van der Waals surface area (Å²) >= 11 is 1.77. The molecule has 0 radical (unpaired) electrons. The molecule has 0 saturated carbocycles. The van der Waals surface area contributed by atoms with E-state index in [0.29, 0.717) is 6.42 Å². The summed E-state index contributed by atoms with van der Waals surface area (Å²) in [5.74, 6) is 1.06. The molecule has 0 aromatic heterocycles. The maximum atomic E-state index is 12.8. The van der Waals surface area contributed by atoms with Crippen LogP contribution in [-0.4, -0.2) is 46.8 Å². The number of rotatable bonds is 5. The first kappa shape index (κ1) is 17.3. The van der Waals surface area contributed by atoms with Gasteiger partial charge in [0, 0.05) is 6.04 Å². The van der Waals surface area contributed by atoms with Crippen molar-refractivity contribution in [1.29, 1.82) is 0 Å². The van der Waals surface area contributed by atoms with Crippen molar-refractivity contribution in [1.82, 2.24) is 10.2 Å². The van der Waals surface area contributed by atoms with E-state index < -0.39 is 6.04 Å². The van der Waals surface area contributed by atoms with Crippen molar-refractivity contribution in [2.45, 2.75) is 65.6 Å². The summed E-state index contributed by atoms with van der Waals surface area (Å²) in [5, 5.41) is 2.91. The molecule has 20 heavy (non-hydrogen) atoms. The Hall–Kier alpha value is -0.710. The Labute approximate surface area is 127 Å². The monoisotopic (exact) mass is 300 g/mol. The summed E-state index contributed by atoms with van der Waals surface area (Å²) in [6, 6.07) is -0.636. The molecule has 1 heterocycles. The second-order valence-corrected chi connectivity index (χ2v) is 7.59. The number of nitrogens with one attached hydrogen (secondary N) is 1. The molecule has 1 aliphatic heterocycles. The molecule has 2 amide bonds. The van der Waals surface area contributed by atoms with Gasteiger partial charge in [0.2, 0.25) is 11.8 Å². The van der Waals surface area contributed by atoms with Gasteiger partial charge in [-0.3, -0.25) is 9.59 Å². The van der Waals surface area contributed by atoms with Crippen molar-refractivity contribution in [2.24, 2.45) is 5.41 Å². The minimum Gasteiger partial charge on any atom is -0.342 e. The third kappa shape index (κ3) is 3.68. The van der Waals surface area contributed by atoms with Crippen LogP contribution in [0.1, 0.15) is 47.5 Å². The lowest BCUT2D eigenvalue weighted by molar-refractivity contribution is -0.155. The molecule has 1 saturated heterocycles. The fourth-order valence-corrected chi connectivity index (χ4v) is 3.23. The molecule has 1 fully saturated rings. The Morgan fingerprint density at radius 3 is 2.40 bits per heavy atom. The molecule has 5 heteroatoms. The van der Waals surface area contributed by atoms with Crippen LogP contribution in [0.25, 0.3) is 0 Å². The van der Waals surface area contributed by atoms with Crippen LogP contribution < -0.4 is 5.32 Å². The number of hydrogen-bond acceptors (Lipinski definition) is 3. The van der Waals surface area contributed by atoms with Crippen molar-refractivity contribution in [3.05, 3.63) is 0 Å². The molecule has 0 aromatic rings. The predicted molar refractivity (Wildman–Crippen MR) is 84.8 cm³/mol. The molecular weight excluding hydrogens is 272 g/mol. The van der Waals surface area contributed by atoms with Gasteiger partial charge < -0.3 is 10.2 Å². The molecule has 116 valence electrons. The van der Waals surface area contributed by atoms with Crippen molar-refractivity contribution >= 4 is 23.6 Å². The molecule has 1 N–H and O–H groups in total. The SMILES string of the molecule is CCC1C(=O)NC(C(C)(C)C)C(=O)N1C(C)CCSC. The van der Waals surface area contributed by atoms with Crippen molar-refractivity contribution in [3.63, 3.8) is 0 Å². The summed E-state index contributed by atoms with van der Waals surface area (Å²) < 4.78 is 0. The number of amides is 2. The summed E-state index contributed by atoms with van der Waals surface area (Å²) in [7, 11) is 0. The molecule has 3 unspecified atom stereocenters. The summed E-state index contributed by atoms with van der Waals surface area (Å²) in [5.41, 5.74) is -0.261. The zero-order valence-electron chi connectivity index (χ0n) is 13.5. The number of hydrogen-bond donors (Lipinski definition) is 1. The fourth-order valence-electron chi connectivity index (χ4n) is 2.65. The first-order valence-electron chi connectivity index (χ1n) is 7.35. The lowest BCUT2D eigenvalue weighted by Crippen LogP contribution is -2.68. The highest BCUT2D eigenvalue weighted by Gasteiger charge is 2.45. The molecule has 0 spiro atoms. The lowest BCUT2D eigenvalue weighted by atomic mass is 9.83. The summed E-state index contributed by atoms with van der Waals surface area (Å²) in [6.07, 6.45) is 3.65. The largest absolute Gasteiger partial charge is 0.342 e. The number of piperazine rings is 1. The van der Waals surface area contributed by atoms with Gasteiger partial charge in [-0.25, -0.2) is 0 Å². The summed E-state index contributed by atoms with van der Waals surface area (Å²) in [4.78, 5) is 26.9. The van der Waals surface area contributed by atoms with E-state index in [1.807, 2.05) is 32.6 Å². The van der Waals surface area contributed by atoms with Crippen LogP contribution >= 0.6 is 11.8 Å². The van der Waals surface area contributed by atoms with Gasteiger partial charge in [-0.1, -0.05) is 27.7 Å². The zero-order valence-corrected chi connectivity index (χ0v) is 14.3. The Morgan fingerprint density at radius 1 is 1.35 bits per heavy atom. The van der Waals surface area contributed by atoms with Gasteiger partial charge in [0.05, 0.1) is 0 Å². The van der Waals surface area contributed by atoms with Gasteiger partial charge in [-0.05, 0) is 37.2 Å². The van der Waals surface area contributed by atoms with Crippen LogP contribution in [-0.2, 0) is 9.59 Å². The Balaban J connectivity index is 3.00. The van der Waals surface area contributed by atoms with Crippen molar-refractivity contribution < 1.29 is 9.59 Å². The fraction of sp³-hybridized carbons (Fsp3) is 0.867. The lowest BCUT2D eigenvalue weighted by Gasteiger charge is -2.45. The number of thioether (sulfide) groups is 1. The van der Waals surface area contributed by atoms with E-state index in [9.17, 15) is 9.59 Å². The first-order valence-corrected chi connectivity index (χ1v) is 8.74. The van der Waals surface area contributed by atoms with E-state index in [4.69, 9.17) is 0 Å². The molecule has 1 rings (SSSR count). The maximum absolute atomic E-state index is 12.8. The number of carbonyl (C=O) groups is 2. The maximum Gasteiger partial charge on any atom is 0.246 e. The second kappa shape index (κ2) is 6.83. The molecule has 0 bridgehead atoms. The van der Waals surface area contributed by atoms with Crippen LogP contribution in [0.2, 0.25) is 0 Å². The molecule has 0 aliphatic carbocycles. The summed E-state index contributed by atoms with van der Waals surface area (Å²) in [6.45, 7) is 9.99. The topological polar surface area (TPSA) is 49.4 Å². The molecular formula is C15H28N2O2S. The van der Waals surface area contributed by atoms with E-state index >= 15 is 0 Å². The van der Waals surface area contributed by atoms with Gasteiger partial charge >= 0.3 is 0 Å². The third-order valence-corrected chi connectivity index (χ3v) is 4.54. The van der Waals surface area contributed by atoms with E-state index in [1.54, 1.807) is 11.8 Å². The molecule has 1 aliphatic rings. The van der Waals surface area contributed by atoms with Gasteiger partial charge in [0.15, 0.2) is 0 Å². The highest BCUT2D eigenvalue weighted by atomic mass is 32.2. The smallest absolute Gasteiger partial charge is 0.246 e. The van der Waals surface area contributed by atoms with Crippen LogP contribution in [0.5, 0.6) is 0 Å². The third-order valence-electron chi connectivity index (χ3n) is 3.89. The van der Waals surface area contributed by atoms with E-state index in [2.05, 4.69) is 18.5 Å². The van der Waals surface area contributed by atoms with Crippen LogP contribution in [0, 0.1) is 5.41 Å². The van der Waals surface area contributed by atoms with Gasteiger partial charge in [0.25, 0.3) is 0 Å². The normalized spacial score (nSPS) is 25.6. The molecule has 3 atom stereocenters. The standard InChI is InChI=1S/C15H28N2O2S/c1-7-11-13(18)16-12(15(3,4)5)14(19)17(11)10(2)8-9-20-6/h10-12H,7-9H2,1-6H3,(H,16,18). The quantitative estimate of drug-likeness (QED) is 0.847. The van der Waals surface area contributed by atoms with E-state index in [-0.39, 0.29) is 29.3 Å². The first-order chi connectivity index (χ1) is 9.23. The Kier molecular flexibility index (Phi) is 5.92. The van der Waals surface area contributed by atoms with Crippen LogP contribution in [0.15, 0.2) is 0 Å². The molecule has 4 nitrogen and oxygen atoms in total. The Bertz CT molecular complexity index is 365. The Morgan fingerprint density at radius 2 is 1.95 bits per heavy atom. The van der Waals surface area contributed by atoms with Crippen LogP contribution in [0.4, 0.5) is 0 Å². The van der Waals surface area contributed by atoms with Crippen molar-refractivity contribution in [2.75, 3.05) is 12.0 Å². The average Bonchev–Trinajstić information content (AvgIpc) is 2.36. The highest BCUT2D eigenvalue weighted by molar-refractivity contribution is 7.98. The van der Waals surface area contributed by atoms with Gasteiger partial charge in [-0.15, -0.1) is 0 Å². The average molecular weight is 300 g/mol. The van der Waals surface area contributed by atoms with Gasteiger partial charge in [0.1, 0.15) is 12.1 Å². The minimum absolute atomic E-state index is 0.0111. The molecule has 0 aromatic carbocycles.